The lowest BCUT2D eigenvalue weighted by molar-refractivity contribution is 0.0698. The summed E-state index contributed by atoms with van der Waals surface area (Å²) in [6, 6.07) is 0. The van der Waals surface area contributed by atoms with Crippen LogP contribution in [0.2, 0.25) is 0 Å². The topological polar surface area (TPSA) is 88.0 Å². The zero-order chi connectivity index (χ0) is 10.3. The van der Waals surface area contributed by atoms with Crippen LogP contribution in [-0.4, -0.2) is 25.8 Å². The molecule has 0 unspecified atom stereocenters. The van der Waals surface area contributed by atoms with Gasteiger partial charge < -0.3 is 5.11 Å². The molecule has 0 spiro atoms. The van der Waals surface area contributed by atoms with Gasteiger partial charge in [0.1, 0.15) is 5.56 Å². The zero-order valence-electron chi connectivity index (χ0n) is 7.31. The Balaban J connectivity index is 2.95. The number of carbonyl (C=O) groups is 1. The molecule has 0 amide bonds. The molecule has 2 rings (SSSR count). The first-order valence-corrected chi connectivity index (χ1v) is 3.87. The minimum atomic E-state index is -1.11. The Labute approximate surface area is 77.8 Å². The van der Waals surface area contributed by atoms with Crippen LogP contribution in [-0.2, 0) is 7.05 Å². The number of fused-ring (bicyclic) bond motifs is 1. The summed E-state index contributed by atoms with van der Waals surface area (Å²) >= 11 is 0. The van der Waals surface area contributed by atoms with Crippen LogP contribution in [0.3, 0.4) is 0 Å². The van der Waals surface area contributed by atoms with E-state index >= 15 is 0 Å². The van der Waals surface area contributed by atoms with Gasteiger partial charge in [0.15, 0.2) is 0 Å². The smallest absolute Gasteiger partial charge is 0.339 e. The fraction of sp³-hybridized carbons (Fsp3) is 0.125. The lowest BCUT2D eigenvalue weighted by atomic mass is 10.2. The molecule has 0 atom stereocenters. The predicted octanol–water partition coefficient (Wildman–Crippen LogP) is -0.0402. The molecular weight excluding hydrogens is 186 g/mol. The lowest BCUT2D eigenvalue weighted by Gasteiger charge is -1.93. The van der Waals surface area contributed by atoms with E-state index in [9.17, 15) is 9.59 Å². The van der Waals surface area contributed by atoms with E-state index in [1.807, 2.05) is 0 Å². The minimum Gasteiger partial charge on any atom is -0.478 e. The van der Waals surface area contributed by atoms with Crippen molar-refractivity contribution in [3.63, 3.8) is 0 Å². The third kappa shape index (κ3) is 1.00. The van der Waals surface area contributed by atoms with Crippen molar-refractivity contribution < 1.29 is 9.90 Å². The third-order valence-corrected chi connectivity index (χ3v) is 1.99. The molecule has 6 heteroatoms. The minimum absolute atomic E-state index is 0.000185. The quantitative estimate of drug-likeness (QED) is 0.665. The highest BCUT2D eigenvalue weighted by Gasteiger charge is 2.13. The van der Waals surface area contributed by atoms with Crippen LogP contribution in [0.5, 0.6) is 0 Å². The van der Waals surface area contributed by atoms with E-state index in [1.54, 1.807) is 0 Å². The first-order chi connectivity index (χ1) is 6.61. The van der Waals surface area contributed by atoms with E-state index in [0.717, 1.165) is 0 Å². The number of carboxylic acid groups (broad SMARTS) is 1. The molecule has 0 aliphatic carbocycles. The summed E-state index contributed by atoms with van der Waals surface area (Å²) in [7, 11) is 1.52. The average Bonchev–Trinajstić information content (AvgIpc) is 2.43. The van der Waals surface area contributed by atoms with Crippen LogP contribution in [0.15, 0.2) is 17.2 Å². The van der Waals surface area contributed by atoms with Crippen molar-refractivity contribution in [1.82, 2.24) is 14.8 Å². The molecule has 2 aromatic rings. The second kappa shape index (κ2) is 2.69. The number of rotatable bonds is 1. The molecule has 2 heterocycles. The molecule has 0 aromatic carbocycles. The fourth-order valence-electron chi connectivity index (χ4n) is 1.30. The van der Waals surface area contributed by atoms with Crippen LogP contribution in [0.25, 0.3) is 10.9 Å². The monoisotopic (exact) mass is 193 g/mol. The van der Waals surface area contributed by atoms with Crippen molar-refractivity contribution in [1.29, 1.82) is 0 Å². The SMILES string of the molecule is Cn1[nH]c2c(C(=O)O)cncc2c1=O. The van der Waals surface area contributed by atoms with Crippen molar-refractivity contribution in [2.24, 2.45) is 7.05 Å². The Morgan fingerprint density at radius 1 is 1.57 bits per heavy atom. The van der Waals surface area contributed by atoms with Gasteiger partial charge in [-0.1, -0.05) is 0 Å². The molecular formula is C8H7N3O3. The summed E-state index contributed by atoms with van der Waals surface area (Å²) in [5.74, 6) is -1.11. The van der Waals surface area contributed by atoms with Crippen LogP contribution in [0.4, 0.5) is 0 Å². The number of aryl methyl sites for hydroxylation is 1. The van der Waals surface area contributed by atoms with Crippen molar-refractivity contribution in [2.45, 2.75) is 0 Å². The number of nitrogens with one attached hydrogen (secondary N) is 1. The molecule has 14 heavy (non-hydrogen) atoms. The Kier molecular flexibility index (Phi) is 1.63. The maximum absolute atomic E-state index is 11.4. The standard InChI is InChI=1S/C8H7N3O3/c1-11-7(12)4-2-9-3-5(8(13)14)6(4)10-11/h2-3,10H,1H3,(H,13,14). The highest BCUT2D eigenvalue weighted by Crippen LogP contribution is 2.10. The van der Waals surface area contributed by atoms with Gasteiger partial charge in [-0.15, -0.1) is 0 Å². The number of H-pyrrole nitrogens is 1. The maximum atomic E-state index is 11.4. The number of aromatic amines is 1. The number of aromatic carboxylic acids is 1. The molecule has 0 aliphatic rings. The van der Waals surface area contributed by atoms with Gasteiger partial charge in [0.05, 0.1) is 10.9 Å². The molecule has 2 N–H and O–H groups in total. The molecule has 6 nitrogen and oxygen atoms in total. The maximum Gasteiger partial charge on any atom is 0.339 e. The van der Waals surface area contributed by atoms with Gasteiger partial charge in [-0.2, -0.15) is 0 Å². The second-order valence-electron chi connectivity index (χ2n) is 2.89. The van der Waals surface area contributed by atoms with Crippen LogP contribution in [0, 0.1) is 0 Å². The average molecular weight is 193 g/mol. The predicted molar refractivity (Wildman–Crippen MR) is 48.3 cm³/mol. The van der Waals surface area contributed by atoms with Crippen molar-refractivity contribution in [3.05, 3.63) is 28.3 Å². The molecule has 0 radical (unpaired) electrons. The number of hydrogen-bond acceptors (Lipinski definition) is 3. The highest BCUT2D eigenvalue weighted by molar-refractivity contribution is 6.00. The fourth-order valence-corrected chi connectivity index (χ4v) is 1.30. The normalized spacial score (nSPS) is 10.6. The van der Waals surface area contributed by atoms with Gasteiger partial charge in [0.25, 0.3) is 5.56 Å². The summed E-state index contributed by atoms with van der Waals surface area (Å²) < 4.78 is 1.22. The third-order valence-electron chi connectivity index (χ3n) is 1.99. The summed E-state index contributed by atoms with van der Waals surface area (Å²) in [5.41, 5.74) is 0.0239. The van der Waals surface area contributed by atoms with E-state index in [4.69, 9.17) is 5.11 Å². The van der Waals surface area contributed by atoms with Gasteiger partial charge in [0.2, 0.25) is 0 Å². The van der Waals surface area contributed by atoms with Crippen molar-refractivity contribution in [2.75, 3.05) is 0 Å². The van der Waals surface area contributed by atoms with Crippen molar-refractivity contribution in [3.8, 4) is 0 Å². The highest BCUT2D eigenvalue weighted by atomic mass is 16.4. The number of aromatic nitrogens is 3. The molecule has 0 aliphatic heterocycles. The van der Waals surface area contributed by atoms with Gasteiger partial charge >= 0.3 is 5.97 Å². The summed E-state index contributed by atoms with van der Waals surface area (Å²) in [4.78, 5) is 25.9. The Hall–Kier alpha value is -2.11. The number of pyridine rings is 1. The largest absolute Gasteiger partial charge is 0.478 e. The van der Waals surface area contributed by atoms with E-state index in [2.05, 4.69) is 10.1 Å². The Morgan fingerprint density at radius 3 is 2.93 bits per heavy atom. The second-order valence-corrected chi connectivity index (χ2v) is 2.89. The first-order valence-electron chi connectivity index (χ1n) is 3.87. The molecule has 72 valence electrons. The molecule has 0 saturated heterocycles. The van der Waals surface area contributed by atoms with Crippen LogP contribution < -0.4 is 5.56 Å². The molecule has 0 saturated carbocycles. The van der Waals surface area contributed by atoms with Crippen LogP contribution >= 0.6 is 0 Å². The zero-order valence-corrected chi connectivity index (χ0v) is 7.31. The Bertz CT molecular complexity index is 567. The van der Waals surface area contributed by atoms with Gasteiger partial charge in [-0.3, -0.25) is 19.6 Å². The number of carboxylic acids is 1. The summed E-state index contributed by atoms with van der Waals surface area (Å²) in [6.45, 7) is 0. The van der Waals surface area contributed by atoms with E-state index in [0.29, 0.717) is 5.52 Å². The first kappa shape index (κ1) is 8.49. The van der Waals surface area contributed by atoms with E-state index in [1.165, 1.54) is 24.1 Å². The summed E-state index contributed by atoms with van der Waals surface area (Å²) in [5, 5.41) is 11.8. The van der Waals surface area contributed by atoms with Crippen LogP contribution in [0.1, 0.15) is 10.4 Å². The van der Waals surface area contributed by atoms with E-state index < -0.39 is 5.97 Å². The summed E-state index contributed by atoms with van der Waals surface area (Å²) in [6.07, 6.45) is 2.56. The van der Waals surface area contributed by atoms with Gasteiger partial charge in [-0.05, 0) is 0 Å². The number of nitrogens with zero attached hydrogens (tertiary/aromatic N) is 2. The lowest BCUT2D eigenvalue weighted by Crippen LogP contribution is -2.11. The number of hydrogen-bond donors (Lipinski definition) is 2. The Morgan fingerprint density at radius 2 is 2.29 bits per heavy atom. The van der Waals surface area contributed by atoms with Gasteiger partial charge in [-0.25, -0.2) is 4.79 Å². The van der Waals surface area contributed by atoms with E-state index in [-0.39, 0.29) is 16.5 Å². The van der Waals surface area contributed by atoms with Gasteiger partial charge in [0, 0.05) is 19.4 Å². The van der Waals surface area contributed by atoms with Crippen molar-refractivity contribution >= 4 is 16.9 Å². The molecule has 0 fully saturated rings. The molecule has 2 aromatic heterocycles. The molecule has 0 bridgehead atoms.